The minimum atomic E-state index is -4.03. The topological polar surface area (TPSA) is 205 Å². The first-order chi connectivity index (χ1) is 13.7. The highest BCUT2D eigenvalue weighted by atomic mass is 32.2. The molecule has 0 spiro atoms. The van der Waals surface area contributed by atoms with E-state index in [9.17, 15) is 18.3 Å². The molecule has 0 aliphatic carbocycles. The van der Waals surface area contributed by atoms with Gasteiger partial charge in [-0.05, 0) is 47.9 Å². The zero-order valence-electron chi connectivity index (χ0n) is 15.6. The molecule has 0 fully saturated rings. The Labute approximate surface area is 167 Å². The molecule has 1 atom stereocenters. The molecular formula is C17H22N6O5S. The van der Waals surface area contributed by atoms with Gasteiger partial charge < -0.3 is 21.3 Å². The third kappa shape index (κ3) is 6.91. The first-order valence-corrected chi connectivity index (χ1v) is 9.79. The van der Waals surface area contributed by atoms with E-state index >= 15 is 0 Å². The lowest BCUT2D eigenvalue weighted by molar-refractivity contribution is -0.139. The molecule has 29 heavy (non-hydrogen) atoms. The predicted octanol–water partition coefficient (Wildman–Crippen LogP) is 0.664. The fourth-order valence-corrected chi connectivity index (χ4v) is 3.75. The van der Waals surface area contributed by atoms with Gasteiger partial charge >= 0.3 is 5.97 Å². The third-order valence-corrected chi connectivity index (χ3v) is 5.34. The SMILES string of the molecule is COc1ccc2ccc(S(=O)(=O)N[C@@H](CCCN=C(N)N)C(=O)O)cc2c1.N#N. The Bertz CT molecular complexity index is 1000. The number of carboxylic acid groups (broad SMARTS) is 1. The maximum atomic E-state index is 12.6. The Morgan fingerprint density at radius 1 is 1.21 bits per heavy atom. The van der Waals surface area contributed by atoms with Crippen LogP contribution in [0.1, 0.15) is 12.8 Å². The van der Waals surface area contributed by atoms with Gasteiger partial charge in [0.25, 0.3) is 0 Å². The van der Waals surface area contributed by atoms with E-state index in [2.05, 4.69) is 9.71 Å². The second kappa shape index (κ2) is 10.8. The van der Waals surface area contributed by atoms with Crippen molar-refractivity contribution in [3.8, 4) is 5.75 Å². The van der Waals surface area contributed by atoms with Gasteiger partial charge in [0.05, 0.1) is 12.0 Å². The summed E-state index contributed by atoms with van der Waals surface area (Å²) >= 11 is 0. The van der Waals surface area contributed by atoms with Crippen molar-refractivity contribution < 1.29 is 23.1 Å². The number of nitrogens with zero attached hydrogens (tertiary/aromatic N) is 3. The van der Waals surface area contributed by atoms with E-state index < -0.39 is 22.0 Å². The van der Waals surface area contributed by atoms with Crippen molar-refractivity contribution in [2.24, 2.45) is 16.5 Å². The second-order valence-corrected chi connectivity index (χ2v) is 7.55. The van der Waals surface area contributed by atoms with Crippen LogP contribution in [-0.2, 0) is 14.8 Å². The molecule has 0 heterocycles. The molecular weight excluding hydrogens is 400 g/mol. The number of aliphatic imine (C=N–C) groups is 1. The lowest BCUT2D eigenvalue weighted by Crippen LogP contribution is -2.40. The van der Waals surface area contributed by atoms with Crippen molar-refractivity contribution in [2.45, 2.75) is 23.8 Å². The van der Waals surface area contributed by atoms with Gasteiger partial charge in [-0.3, -0.25) is 9.79 Å². The van der Waals surface area contributed by atoms with Crippen LogP contribution in [0.3, 0.4) is 0 Å². The van der Waals surface area contributed by atoms with Gasteiger partial charge in [0.2, 0.25) is 10.0 Å². The van der Waals surface area contributed by atoms with Crippen LogP contribution in [-0.4, -0.2) is 45.1 Å². The van der Waals surface area contributed by atoms with Crippen LogP contribution < -0.4 is 20.9 Å². The van der Waals surface area contributed by atoms with Gasteiger partial charge in [0.1, 0.15) is 11.8 Å². The summed E-state index contributed by atoms with van der Waals surface area (Å²) in [6.07, 6.45) is 0.360. The number of fused-ring (bicyclic) bond motifs is 1. The monoisotopic (exact) mass is 422 g/mol. The smallest absolute Gasteiger partial charge is 0.321 e. The number of hydrogen-bond donors (Lipinski definition) is 4. The number of carboxylic acids is 1. The minimum Gasteiger partial charge on any atom is -0.497 e. The predicted molar refractivity (Wildman–Crippen MR) is 106 cm³/mol. The highest BCUT2D eigenvalue weighted by Crippen LogP contribution is 2.24. The fraction of sp³-hybridized carbons (Fsp3) is 0.294. The molecule has 0 saturated carbocycles. The molecule has 2 aromatic carbocycles. The molecule has 11 nitrogen and oxygen atoms in total. The van der Waals surface area contributed by atoms with E-state index in [-0.39, 0.29) is 23.8 Å². The van der Waals surface area contributed by atoms with Crippen LogP contribution in [0.4, 0.5) is 0 Å². The molecule has 0 unspecified atom stereocenters. The first kappa shape index (κ1) is 23.6. The average molecular weight is 422 g/mol. The van der Waals surface area contributed by atoms with Gasteiger partial charge in [0, 0.05) is 17.3 Å². The third-order valence-electron chi connectivity index (χ3n) is 3.87. The molecule has 2 rings (SSSR count). The number of nitrogens with two attached hydrogens (primary N) is 2. The van der Waals surface area contributed by atoms with E-state index in [0.29, 0.717) is 17.6 Å². The number of sulfonamides is 1. The van der Waals surface area contributed by atoms with Crippen LogP contribution in [0.2, 0.25) is 0 Å². The lowest BCUT2D eigenvalue weighted by atomic mass is 10.1. The zero-order valence-corrected chi connectivity index (χ0v) is 16.5. The summed E-state index contributed by atoms with van der Waals surface area (Å²) in [4.78, 5) is 15.1. The molecule has 0 saturated heterocycles. The van der Waals surface area contributed by atoms with E-state index in [1.807, 2.05) is 6.07 Å². The van der Waals surface area contributed by atoms with Crippen molar-refractivity contribution in [1.29, 1.82) is 10.8 Å². The average Bonchev–Trinajstić information content (AvgIpc) is 2.70. The normalized spacial score (nSPS) is 11.7. The number of hydrogen-bond acceptors (Lipinski definition) is 7. The van der Waals surface area contributed by atoms with Crippen molar-refractivity contribution in [2.75, 3.05) is 13.7 Å². The molecule has 0 radical (unpaired) electrons. The minimum absolute atomic E-state index is 0.0290. The molecule has 0 aromatic heterocycles. The van der Waals surface area contributed by atoms with Crippen LogP contribution in [0.15, 0.2) is 46.3 Å². The maximum Gasteiger partial charge on any atom is 0.321 e. The summed E-state index contributed by atoms with van der Waals surface area (Å²) in [5, 5.41) is 22.8. The van der Waals surface area contributed by atoms with Crippen molar-refractivity contribution in [1.82, 2.24) is 4.72 Å². The number of methoxy groups -OCH3 is 1. The summed E-state index contributed by atoms with van der Waals surface area (Å²) in [7, 11) is -2.51. The highest BCUT2D eigenvalue weighted by molar-refractivity contribution is 7.89. The standard InChI is InChI=1S/C17H22N4O5S.N2/c1-26-13-6-4-11-5-7-14(10-12(11)9-13)27(24,25)21-15(16(22)23)3-2-8-20-17(18)19;1-2/h4-7,9-10,15,21H,2-3,8H2,1H3,(H,22,23)(H4,18,19,20);/t15-;/m0./s1. The molecule has 0 aliphatic rings. The van der Waals surface area contributed by atoms with Crippen LogP contribution in [0, 0.1) is 10.8 Å². The number of nitrogens with one attached hydrogen (secondary N) is 1. The second-order valence-electron chi connectivity index (χ2n) is 5.84. The summed E-state index contributed by atoms with van der Waals surface area (Å²) in [6.45, 7) is 0.212. The number of guanidine groups is 1. The Hall–Kier alpha value is -3.43. The molecule has 0 aliphatic heterocycles. The summed E-state index contributed by atoms with van der Waals surface area (Å²) in [6, 6.07) is 8.54. The van der Waals surface area contributed by atoms with Gasteiger partial charge in [-0.15, -0.1) is 0 Å². The van der Waals surface area contributed by atoms with Crippen molar-refractivity contribution in [3.63, 3.8) is 0 Å². The zero-order chi connectivity index (χ0) is 22.0. The van der Waals surface area contributed by atoms with E-state index in [1.54, 1.807) is 18.2 Å². The van der Waals surface area contributed by atoms with E-state index in [0.717, 1.165) is 5.39 Å². The number of benzene rings is 2. The Kier molecular flexibility index (Phi) is 8.78. The maximum absolute atomic E-state index is 12.6. The van der Waals surface area contributed by atoms with Gasteiger partial charge in [-0.25, -0.2) is 8.42 Å². The van der Waals surface area contributed by atoms with E-state index in [4.69, 9.17) is 27.0 Å². The fourth-order valence-electron chi connectivity index (χ4n) is 2.49. The largest absolute Gasteiger partial charge is 0.497 e. The lowest BCUT2D eigenvalue weighted by Gasteiger charge is -2.15. The summed E-state index contributed by atoms with van der Waals surface area (Å²) in [5.41, 5.74) is 10.4. The van der Waals surface area contributed by atoms with Crippen LogP contribution in [0.5, 0.6) is 5.75 Å². The van der Waals surface area contributed by atoms with Crippen molar-refractivity contribution >= 4 is 32.7 Å². The van der Waals surface area contributed by atoms with Crippen LogP contribution in [0.25, 0.3) is 10.8 Å². The quantitative estimate of drug-likeness (QED) is 0.193. The summed E-state index contributed by atoms with van der Waals surface area (Å²) < 4.78 is 32.6. The van der Waals surface area contributed by atoms with Crippen LogP contribution >= 0.6 is 0 Å². The molecule has 12 heteroatoms. The molecule has 6 N–H and O–H groups in total. The first-order valence-electron chi connectivity index (χ1n) is 8.31. The summed E-state index contributed by atoms with van der Waals surface area (Å²) in [5.74, 6) is -0.784. The number of carbonyl (C=O) groups is 1. The number of ether oxygens (including phenoxy) is 1. The molecule has 0 amide bonds. The number of rotatable bonds is 9. The van der Waals surface area contributed by atoms with Gasteiger partial charge in [-0.2, -0.15) is 4.72 Å². The van der Waals surface area contributed by atoms with Crippen molar-refractivity contribution in [3.05, 3.63) is 36.4 Å². The highest BCUT2D eigenvalue weighted by Gasteiger charge is 2.25. The van der Waals surface area contributed by atoms with E-state index in [1.165, 1.54) is 19.2 Å². The Morgan fingerprint density at radius 2 is 1.86 bits per heavy atom. The van der Waals surface area contributed by atoms with Gasteiger partial charge in [-0.1, -0.05) is 12.1 Å². The van der Waals surface area contributed by atoms with Gasteiger partial charge in [0.15, 0.2) is 5.96 Å². The number of aliphatic carboxylic acids is 1. The molecule has 0 bridgehead atoms. The Balaban J connectivity index is 0.00000204. The Morgan fingerprint density at radius 3 is 2.45 bits per heavy atom. The molecule has 156 valence electrons. The molecule has 2 aromatic rings.